The number of carbonyl (C=O) groups is 4. The van der Waals surface area contributed by atoms with Crippen molar-refractivity contribution in [3.8, 4) is 0 Å². The van der Waals surface area contributed by atoms with Crippen LogP contribution >= 0.6 is 23.4 Å². The Morgan fingerprint density at radius 2 is 1.79 bits per heavy atom. The lowest BCUT2D eigenvalue weighted by Crippen LogP contribution is -2.61. The van der Waals surface area contributed by atoms with E-state index in [-0.39, 0.29) is 29.9 Å². The number of carbonyl (C=O) groups excluding carboxylic acids is 4. The molecule has 1 heterocycles. The number of benzene rings is 1. The molecule has 1 aromatic carbocycles. The molecule has 1 fully saturated rings. The molecule has 1 aromatic rings. The predicted molar refractivity (Wildman–Crippen MR) is 153 cm³/mol. The molecule has 2 atom stereocenters. The van der Waals surface area contributed by atoms with E-state index in [1.807, 2.05) is 39.8 Å². The van der Waals surface area contributed by atoms with Gasteiger partial charge in [-0.1, -0.05) is 63.2 Å². The highest BCUT2D eigenvalue weighted by Crippen LogP contribution is 2.46. The van der Waals surface area contributed by atoms with Gasteiger partial charge in [-0.3, -0.25) is 14.4 Å². The lowest BCUT2D eigenvalue weighted by atomic mass is 9.66. The van der Waals surface area contributed by atoms with Gasteiger partial charge >= 0.3 is 12.0 Å². The minimum atomic E-state index is -1.14. The fourth-order valence-electron chi connectivity index (χ4n) is 4.64. The predicted octanol–water partition coefficient (Wildman–Crippen LogP) is 4.10. The summed E-state index contributed by atoms with van der Waals surface area (Å²) in [5, 5.41) is 17.6. The Balaban J connectivity index is 1.98. The Hall–Kier alpha value is -2.30. The van der Waals surface area contributed by atoms with E-state index in [9.17, 15) is 24.3 Å². The molecule has 0 aromatic heterocycles. The molecule has 0 bridgehead atoms. The van der Waals surface area contributed by atoms with Crippen LogP contribution in [-0.2, 0) is 24.7 Å². The lowest BCUT2D eigenvalue weighted by Gasteiger charge is -2.51. The Bertz CT molecular complexity index is 1050. The number of ether oxygens (including phenoxy) is 1. The average molecular weight is 584 g/mol. The number of nitrogens with one attached hydrogen (secondary N) is 2. The number of rotatable bonds is 10. The summed E-state index contributed by atoms with van der Waals surface area (Å²) in [5.74, 6) is -0.536. The molecule has 1 aliphatic heterocycles. The van der Waals surface area contributed by atoms with Crippen LogP contribution in [0, 0.1) is 11.3 Å². The summed E-state index contributed by atoms with van der Waals surface area (Å²) in [4.78, 5) is 51.1. The molecule has 0 spiro atoms. The number of hydrogen-bond acceptors (Lipinski definition) is 7. The topological polar surface area (TPSA) is 125 Å². The first-order chi connectivity index (χ1) is 18.0. The summed E-state index contributed by atoms with van der Waals surface area (Å²) in [6.45, 7) is 13.0. The molecule has 1 aliphatic rings. The van der Waals surface area contributed by atoms with Gasteiger partial charge in [0.2, 0.25) is 5.91 Å². The van der Waals surface area contributed by atoms with E-state index < -0.39 is 34.7 Å². The Morgan fingerprint density at radius 3 is 2.33 bits per heavy atom. The van der Waals surface area contributed by atoms with Crippen LogP contribution in [-0.4, -0.2) is 70.1 Å². The zero-order valence-electron chi connectivity index (χ0n) is 23.9. The van der Waals surface area contributed by atoms with Crippen molar-refractivity contribution in [2.45, 2.75) is 78.6 Å². The Kier molecular flexibility index (Phi) is 11.3. The fraction of sp³-hybridized carbons (Fsp3) is 0.643. The number of likely N-dealkylation sites (tertiary alicyclic amines) is 1. The third kappa shape index (κ3) is 9.11. The molecule has 9 nitrogen and oxygen atoms in total. The molecule has 39 heavy (non-hydrogen) atoms. The summed E-state index contributed by atoms with van der Waals surface area (Å²) in [7, 11) is 0. The maximum Gasteiger partial charge on any atom is 0.315 e. The van der Waals surface area contributed by atoms with Gasteiger partial charge in [0, 0.05) is 36.2 Å². The normalized spacial score (nSPS) is 19.8. The molecule has 0 saturated carbocycles. The summed E-state index contributed by atoms with van der Waals surface area (Å²) in [6.07, 6.45) is 0.429. The van der Waals surface area contributed by atoms with Crippen molar-refractivity contribution in [3.05, 3.63) is 34.9 Å². The molecular formula is C28H42ClN3O6S. The molecule has 2 rings (SSSR count). The maximum atomic E-state index is 13.5. The molecular weight excluding hydrogens is 542 g/mol. The SMILES string of the molecule is CC(=O)SCCC(=O)OC(C)(C)CNC(=O)NC(C(=O)N1CCC(O)(c2ccc(Cl)cc2)C(C)(C)C1)C(C)C. The average Bonchev–Trinajstić information content (AvgIpc) is 2.82. The first kappa shape index (κ1) is 32.9. The van der Waals surface area contributed by atoms with E-state index >= 15 is 0 Å². The van der Waals surface area contributed by atoms with Crippen molar-refractivity contribution >= 4 is 46.4 Å². The number of piperidine rings is 1. The first-order valence-electron chi connectivity index (χ1n) is 13.1. The second kappa shape index (κ2) is 13.4. The zero-order valence-corrected chi connectivity index (χ0v) is 25.5. The monoisotopic (exact) mass is 583 g/mol. The lowest BCUT2D eigenvalue weighted by molar-refractivity contribution is -0.156. The molecule has 1 saturated heterocycles. The second-order valence-electron chi connectivity index (χ2n) is 11.6. The number of thioether (sulfide) groups is 1. The van der Waals surface area contributed by atoms with Crippen molar-refractivity contribution in [2.75, 3.05) is 25.4 Å². The van der Waals surface area contributed by atoms with Gasteiger partial charge in [0.05, 0.1) is 18.6 Å². The van der Waals surface area contributed by atoms with Crippen molar-refractivity contribution in [3.63, 3.8) is 0 Å². The van der Waals surface area contributed by atoms with Crippen LogP contribution in [0.4, 0.5) is 4.79 Å². The van der Waals surface area contributed by atoms with Gasteiger partial charge in [0.15, 0.2) is 5.12 Å². The number of halogens is 1. The van der Waals surface area contributed by atoms with Crippen LogP contribution in [0.5, 0.6) is 0 Å². The quantitative estimate of drug-likeness (QED) is 0.354. The van der Waals surface area contributed by atoms with Gasteiger partial charge in [-0.05, 0) is 43.9 Å². The molecule has 218 valence electrons. The maximum absolute atomic E-state index is 13.5. The van der Waals surface area contributed by atoms with E-state index in [0.717, 1.165) is 17.3 Å². The van der Waals surface area contributed by atoms with Gasteiger partial charge in [0.1, 0.15) is 11.6 Å². The van der Waals surface area contributed by atoms with E-state index in [4.69, 9.17) is 16.3 Å². The highest BCUT2D eigenvalue weighted by atomic mass is 35.5. The molecule has 0 aliphatic carbocycles. The number of urea groups is 1. The minimum absolute atomic E-state index is 0.0360. The third-order valence-corrected chi connectivity index (χ3v) is 8.05. The Labute approximate surface area is 240 Å². The summed E-state index contributed by atoms with van der Waals surface area (Å²) < 4.78 is 5.44. The van der Waals surface area contributed by atoms with Crippen LogP contribution in [0.1, 0.15) is 66.9 Å². The number of aliphatic hydroxyl groups is 1. The molecule has 2 unspecified atom stereocenters. The molecule has 3 N–H and O–H groups in total. The number of nitrogens with zero attached hydrogens (tertiary/aromatic N) is 1. The summed E-state index contributed by atoms with van der Waals surface area (Å²) >= 11 is 7.08. The van der Waals surface area contributed by atoms with Crippen LogP contribution in [0.25, 0.3) is 0 Å². The smallest absolute Gasteiger partial charge is 0.315 e. The highest BCUT2D eigenvalue weighted by Gasteiger charge is 2.50. The van der Waals surface area contributed by atoms with Crippen LogP contribution in [0.2, 0.25) is 5.02 Å². The second-order valence-corrected chi connectivity index (χ2v) is 13.3. The molecule has 0 radical (unpaired) electrons. The third-order valence-electron chi connectivity index (χ3n) is 6.98. The minimum Gasteiger partial charge on any atom is -0.458 e. The van der Waals surface area contributed by atoms with Crippen molar-refractivity contribution in [1.82, 2.24) is 15.5 Å². The molecule has 3 amide bonds. The molecule has 11 heteroatoms. The van der Waals surface area contributed by atoms with Gasteiger partial charge < -0.3 is 25.4 Å². The van der Waals surface area contributed by atoms with E-state index in [0.29, 0.717) is 30.3 Å². The number of amides is 3. The largest absolute Gasteiger partial charge is 0.458 e. The van der Waals surface area contributed by atoms with Crippen molar-refractivity contribution in [2.24, 2.45) is 11.3 Å². The van der Waals surface area contributed by atoms with E-state index in [1.54, 1.807) is 30.9 Å². The summed E-state index contributed by atoms with van der Waals surface area (Å²) in [6, 6.07) is 5.79. The van der Waals surface area contributed by atoms with Gasteiger partial charge in [-0.2, -0.15) is 0 Å². The van der Waals surface area contributed by atoms with Gasteiger partial charge in [0.25, 0.3) is 0 Å². The van der Waals surface area contributed by atoms with Gasteiger partial charge in [-0.15, -0.1) is 0 Å². The number of hydrogen-bond donors (Lipinski definition) is 3. The van der Waals surface area contributed by atoms with E-state index in [1.165, 1.54) is 6.92 Å². The van der Waals surface area contributed by atoms with Crippen LogP contribution in [0.15, 0.2) is 24.3 Å². The Morgan fingerprint density at radius 1 is 1.18 bits per heavy atom. The van der Waals surface area contributed by atoms with E-state index in [2.05, 4.69) is 10.6 Å². The van der Waals surface area contributed by atoms with Crippen molar-refractivity contribution < 1.29 is 29.0 Å². The summed E-state index contributed by atoms with van der Waals surface area (Å²) in [5.41, 5.74) is -2.02. The number of esters is 1. The zero-order chi connectivity index (χ0) is 29.6. The van der Waals surface area contributed by atoms with Crippen LogP contribution in [0.3, 0.4) is 0 Å². The highest BCUT2D eigenvalue weighted by molar-refractivity contribution is 8.13. The standard InChI is InChI=1S/C28H42ClN3O6S/c1-18(2)23(31-25(36)30-16-27(6,7)38-22(34)12-15-39-19(3)33)24(35)32-14-13-28(37,26(4,5)17-32)20-8-10-21(29)11-9-20/h8-11,18,23,37H,12-17H2,1-7H3,(H2,30,31,36). The van der Waals surface area contributed by atoms with Gasteiger partial charge in [-0.25, -0.2) is 4.79 Å². The fourth-order valence-corrected chi connectivity index (χ4v) is 5.32. The van der Waals surface area contributed by atoms with Crippen LogP contribution < -0.4 is 10.6 Å². The van der Waals surface area contributed by atoms with Crippen molar-refractivity contribution in [1.29, 1.82) is 0 Å². The first-order valence-corrected chi connectivity index (χ1v) is 14.5.